The van der Waals surface area contributed by atoms with Crippen molar-refractivity contribution >= 4 is 29.5 Å². The zero-order chi connectivity index (χ0) is 14.4. The van der Waals surface area contributed by atoms with E-state index in [1.54, 1.807) is 6.92 Å². The largest absolute Gasteiger partial charge is 0.465 e. The molecule has 1 aliphatic rings. The molecule has 0 fully saturated rings. The number of benzene rings is 1. The lowest BCUT2D eigenvalue weighted by molar-refractivity contribution is -0.144. The van der Waals surface area contributed by atoms with Crippen LogP contribution in [0.15, 0.2) is 29.2 Å². The summed E-state index contributed by atoms with van der Waals surface area (Å²) < 4.78 is 4.90. The highest BCUT2D eigenvalue weighted by molar-refractivity contribution is 8.00. The Labute approximate surface area is 129 Å². The van der Waals surface area contributed by atoms with E-state index in [4.69, 9.17) is 10.5 Å². The number of carbonyl (C=O) groups is 1. The Morgan fingerprint density at radius 3 is 3.15 bits per heavy atom. The standard InChI is InChI=1S/C15H21NO2S2/c1-2-18-15(17)13(16)7-8-19-9-11-10-20-14-6-4-3-5-12(11)14/h3-6,11,13H,2,7-10,16H2,1H3. The summed E-state index contributed by atoms with van der Waals surface area (Å²) in [6, 6.07) is 8.15. The number of hydrogen-bond donors (Lipinski definition) is 1. The smallest absolute Gasteiger partial charge is 0.322 e. The fourth-order valence-electron chi connectivity index (χ4n) is 2.17. The average molecular weight is 311 g/mol. The van der Waals surface area contributed by atoms with Crippen LogP contribution in [0.3, 0.4) is 0 Å². The fraction of sp³-hybridized carbons (Fsp3) is 0.533. The molecule has 20 heavy (non-hydrogen) atoms. The van der Waals surface area contributed by atoms with Gasteiger partial charge in [0, 0.05) is 22.3 Å². The van der Waals surface area contributed by atoms with Crippen molar-refractivity contribution in [1.82, 2.24) is 0 Å². The van der Waals surface area contributed by atoms with Gasteiger partial charge in [-0.1, -0.05) is 18.2 Å². The third-order valence-corrected chi connectivity index (χ3v) is 5.69. The number of ether oxygens (including phenoxy) is 1. The number of rotatable bonds is 7. The maximum atomic E-state index is 11.4. The van der Waals surface area contributed by atoms with Crippen molar-refractivity contribution in [2.24, 2.45) is 5.73 Å². The van der Waals surface area contributed by atoms with E-state index in [1.807, 2.05) is 23.5 Å². The maximum Gasteiger partial charge on any atom is 0.322 e. The van der Waals surface area contributed by atoms with Crippen LogP contribution >= 0.6 is 23.5 Å². The van der Waals surface area contributed by atoms with E-state index in [-0.39, 0.29) is 5.97 Å². The number of carbonyl (C=O) groups excluding carboxylic acids is 1. The summed E-state index contributed by atoms with van der Waals surface area (Å²) in [6.45, 7) is 2.20. The Morgan fingerprint density at radius 2 is 2.35 bits per heavy atom. The van der Waals surface area contributed by atoms with Crippen LogP contribution in [0.5, 0.6) is 0 Å². The molecule has 110 valence electrons. The van der Waals surface area contributed by atoms with Gasteiger partial charge in [0.1, 0.15) is 6.04 Å². The van der Waals surface area contributed by atoms with Crippen LogP contribution in [0.25, 0.3) is 0 Å². The minimum atomic E-state index is -0.479. The van der Waals surface area contributed by atoms with Crippen molar-refractivity contribution in [1.29, 1.82) is 0 Å². The average Bonchev–Trinajstić information content (AvgIpc) is 2.87. The maximum absolute atomic E-state index is 11.4. The first-order valence-corrected chi connectivity index (χ1v) is 9.08. The van der Waals surface area contributed by atoms with E-state index in [9.17, 15) is 4.79 Å². The topological polar surface area (TPSA) is 52.3 Å². The number of hydrogen-bond acceptors (Lipinski definition) is 5. The van der Waals surface area contributed by atoms with Crippen molar-refractivity contribution in [3.8, 4) is 0 Å². The third-order valence-electron chi connectivity index (χ3n) is 3.28. The molecule has 3 nitrogen and oxygen atoms in total. The van der Waals surface area contributed by atoms with Crippen LogP contribution in [0.2, 0.25) is 0 Å². The van der Waals surface area contributed by atoms with E-state index in [2.05, 4.69) is 24.3 Å². The zero-order valence-corrected chi connectivity index (χ0v) is 13.3. The quantitative estimate of drug-likeness (QED) is 0.620. The Bertz CT molecular complexity index is 453. The lowest BCUT2D eigenvalue weighted by atomic mass is 10.0. The van der Waals surface area contributed by atoms with Gasteiger partial charge < -0.3 is 10.5 Å². The van der Waals surface area contributed by atoms with Crippen LogP contribution < -0.4 is 5.73 Å². The Hall–Kier alpha value is -0.650. The number of fused-ring (bicyclic) bond motifs is 1. The summed E-state index contributed by atoms with van der Waals surface area (Å²) in [4.78, 5) is 12.8. The van der Waals surface area contributed by atoms with Crippen LogP contribution in [0, 0.1) is 0 Å². The molecule has 0 aromatic heterocycles. The molecule has 0 radical (unpaired) electrons. The first-order valence-electron chi connectivity index (χ1n) is 6.94. The highest BCUT2D eigenvalue weighted by atomic mass is 32.2. The lowest BCUT2D eigenvalue weighted by Crippen LogP contribution is -2.32. The Kier molecular flexibility index (Phi) is 6.26. The summed E-state index contributed by atoms with van der Waals surface area (Å²) in [5, 5.41) is 0. The first-order chi connectivity index (χ1) is 9.72. The number of thioether (sulfide) groups is 2. The van der Waals surface area contributed by atoms with Gasteiger partial charge >= 0.3 is 5.97 Å². The van der Waals surface area contributed by atoms with E-state index in [0.29, 0.717) is 18.9 Å². The molecule has 0 aliphatic carbocycles. The van der Waals surface area contributed by atoms with E-state index < -0.39 is 6.04 Å². The molecule has 0 bridgehead atoms. The molecule has 2 rings (SSSR count). The second-order valence-electron chi connectivity index (χ2n) is 4.77. The second-order valence-corrected chi connectivity index (χ2v) is 6.98. The predicted octanol–water partition coefficient (Wildman–Crippen LogP) is 2.89. The molecular formula is C15H21NO2S2. The van der Waals surface area contributed by atoms with Crippen molar-refractivity contribution in [3.05, 3.63) is 29.8 Å². The molecule has 2 N–H and O–H groups in total. The molecule has 1 aromatic carbocycles. The lowest BCUT2D eigenvalue weighted by Gasteiger charge is -2.12. The molecule has 1 aliphatic heterocycles. The normalized spacial score (nSPS) is 18.6. The van der Waals surface area contributed by atoms with Gasteiger partial charge in [0.25, 0.3) is 0 Å². The predicted molar refractivity (Wildman–Crippen MR) is 86.5 cm³/mol. The molecule has 1 heterocycles. The highest BCUT2D eigenvalue weighted by Gasteiger charge is 2.22. The van der Waals surface area contributed by atoms with Crippen LogP contribution in [-0.2, 0) is 9.53 Å². The van der Waals surface area contributed by atoms with Gasteiger partial charge in [-0.3, -0.25) is 4.79 Å². The van der Waals surface area contributed by atoms with E-state index >= 15 is 0 Å². The Morgan fingerprint density at radius 1 is 1.55 bits per heavy atom. The highest BCUT2D eigenvalue weighted by Crippen LogP contribution is 2.40. The molecule has 0 saturated heterocycles. The van der Waals surface area contributed by atoms with Crippen molar-refractivity contribution in [2.75, 3.05) is 23.9 Å². The molecule has 0 spiro atoms. The number of esters is 1. The van der Waals surface area contributed by atoms with Gasteiger partial charge in [0.05, 0.1) is 6.61 Å². The van der Waals surface area contributed by atoms with Gasteiger partial charge in [0.2, 0.25) is 0 Å². The fourth-order valence-corrected chi connectivity index (χ4v) is 4.74. The SMILES string of the molecule is CCOC(=O)C(N)CCSCC1CSc2ccccc21. The molecule has 5 heteroatoms. The van der Waals surface area contributed by atoms with Crippen molar-refractivity contribution < 1.29 is 9.53 Å². The molecule has 0 amide bonds. The van der Waals surface area contributed by atoms with Crippen molar-refractivity contribution in [2.45, 2.75) is 30.2 Å². The molecular weight excluding hydrogens is 290 g/mol. The summed E-state index contributed by atoms with van der Waals surface area (Å²) in [7, 11) is 0. The van der Waals surface area contributed by atoms with Gasteiger partial charge in [-0.05, 0) is 30.7 Å². The summed E-state index contributed by atoms with van der Waals surface area (Å²) in [5.74, 6) is 3.51. The molecule has 2 atom stereocenters. The van der Waals surface area contributed by atoms with Gasteiger partial charge in [-0.25, -0.2) is 0 Å². The second kappa shape index (κ2) is 7.96. The minimum Gasteiger partial charge on any atom is -0.465 e. The summed E-state index contributed by atoms with van der Waals surface area (Å²) in [6.07, 6.45) is 0.686. The first kappa shape index (κ1) is 15.7. The monoisotopic (exact) mass is 311 g/mol. The van der Waals surface area contributed by atoms with Gasteiger partial charge in [-0.2, -0.15) is 11.8 Å². The van der Waals surface area contributed by atoms with E-state index in [1.165, 1.54) is 10.5 Å². The minimum absolute atomic E-state index is 0.283. The molecule has 1 aromatic rings. The zero-order valence-electron chi connectivity index (χ0n) is 11.7. The molecule has 0 saturated carbocycles. The number of nitrogens with two attached hydrogens (primary N) is 1. The summed E-state index contributed by atoms with van der Waals surface area (Å²) in [5.41, 5.74) is 7.25. The van der Waals surface area contributed by atoms with Gasteiger partial charge in [-0.15, -0.1) is 11.8 Å². The van der Waals surface area contributed by atoms with Crippen LogP contribution in [0.4, 0.5) is 0 Å². The van der Waals surface area contributed by atoms with E-state index in [0.717, 1.165) is 17.3 Å². The summed E-state index contributed by atoms with van der Waals surface area (Å²) >= 11 is 3.82. The molecule has 2 unspecified atom stereocenters. The van der Waals surface area contributed by atoms with Crippen molar-refractivity contribution in [3.63, 3.8) is 0 Å². The van der Waals surface area contributed by atoms with Gasteiger partial charge in [0.15, 0.2) is 0 Å². The van der Waals surface area contributed by atoms with Crippen LogP contribution in [0.1, 0.15) is 24.8 Å². The Balaban J connectivity index is 1.69. The van der Waals surface area contributed by atoms with Crippen LogP contribution in [-0.4, -0.2) is 35.9 Å². The third kappa shape index (κ3) is 4.17.